The number of rotatable bonds is 7. The van der Waals surface area contributed by atoms with Crippen molar-refractivity contribution in [2.24, 2.45) is 7.05 Å². The Balaban J connectivity index is 1.46. The molecule has 0 bridgehead atoms. The highest BCUT2D eigenvalue weighted by Crippen LogP contribution is 2.45. The molecule has 0 saturated carbocycles. The van der Waals surface area contributed by atoms with Crippen molar-refractivity contribution in [2.45, 2.75) is 69.3 Å². The largest absolute Gasteiger partial charge is 0.488 e. The average Bonchev–Trinajstić information content (AvgIpc) is 3.44. The van der Waals surface area contributed by atoms with Gasteiger partial charge in [-0.1, -0.05) is 11.6 Å². The van der Waals surface area contributed by atoms with E-state index in [4.69, 9.17) is 16.3 Å². The monoisotopic (exact) mass is 573 g/mol. The van der Waals surface area contributed by atoms with Crippen LogP contribution in [0.2, 0.25) is 5.02 Å². The van der Waals surface area contributed by atoms with Gasteiger partial charge in [0.25, 0.3) is 0 Å². The smallest absolute Gasteiger partial charge is 0.229 e. The van der Waals surface area contributed by atoms with Crippen LogP contribution in [0.1, 0.15) is 56.2 Å². The maximum absolute atomic E-state index is 12.9. The van der Waals surface area contributed by atoms with Gasteiger partial charge in [0.1, 0.15) is 16.9 Å². The first-order chi connectivity index (χ1) is 18.4. The lowest BCUT2D eigenvalue weighted by Gasteiger charge is -2.31. The minimum atomic E-state index is -3.63. The molecule has 1 fully saturated rings. The second-order valence-electron chi connectivity index (χ2n) is 10.9. The Morgan fingerprint density at radius 1 is 1.15 bits per heavy atom. The Morgan fingerprint density at radius 2 is 1.87 bits per heavy atom. The molecule has 1 atom stereocenters. The molecule has 210 valence electrons. The number of fused-ring (bicyclic) bond motifs is 1. The van der Waals surface area contributed by atoms with Crippen LogP contribution in [0.25, 0.3) is 0 Å². The summed E-state index contributed by atoms with van der Waals surface area (Å²) in [5, 5.41) is 10.1. The van der Waals surface area contributed by atoms with Crippen LogP contribution in [0.15, 0.2) is 23.5 Å². The van der Waals surface area contributed by atoms with Crippen LogP contribution in [0.4, 0.5) is 23.1 Å². The molecule has 3 aromatic rings. The molecule has 4 heterocycles. The summed E-state index contributed by atoms with van der Waals surface area (Å²) in [6.07, 6.45) is 6.31. The molecule has 12 heteroatoms. The topological polar surface area (TPSA) is 114 Å². The summed E-state index contributed by atoms with van der Waals surface area (Å²) in [5.41, 5.74) is 5.03. The lowest BCUT2D eigenvalue weighted by atomic mass is 9.82. The van der Waals surface area contributed by atoms with E-state index >= 15 is 0 Å². The Bertz CT molecular complexity index is 1500. The van der Waals surface area contributed by atoms with Gasteiger partial charge in [0, 0.05) is 25.2 Å². The Morgan fingerprint density at radius 3 is 2.56 bits per heavy atom. The van der Waals surface area contributed by atoms with Gasteiger partial charge in [-0.3, -0.25) is 4.68 Å². The molecule has 0 unspecified atom stereocenters. The van der Waals surface area contributed by atoms with Gasteiger partial charge in [0.2, 0.25) is 20.8 Å². The fraction of sp³-hybridized carbons (Fsp3) is 0.519. The standard InChI is InChI=1S/C27H36ClN7O3S/c1-15(2)39(36,37)26-22(14-35(6)33-26)30-25-20(28)13-29-27(32-25)31-21-11-16(3)23(18-7-9-34(5)10-8-18)19-12-17(4)38-24(19)21/h11,13-15,17-18H,7-10,12H2,1-6H3,(H2,29,30,31,32)/t17-/m1/s1. The van der Waals surface area contributed by atoms with Gasteiger partial charge >= 0.3 is 0 Å². The third kappa shape index (κ3) is 5.44. The van der Waals surface area contributed by atoms with Gasteiger partial charge in [-0.05, 0) is 83.8 Å². The zero-order valence-corrected chi connectivity index (χ0v) is 24.8. The van der Waals surface area contributed by atoms with Gasteiger partial charge in [0.15, 0.2) is 5.82 Å². The van der Waals surface area contributed by atoms with Gasteiger partial charge in [0.05, 0.1) is 22.8 Å². The fourth-order valence-corrected chi connectivity index (χ4v) is 6.70. The van der Waals surface area contributed by atoms with Crippen LogP contribution in [-0.4, -0.2) is 64.6 Å². The number of piperidine rings is 1. The molecule has 1 saturated heterocycles. The number of benzene rings is 1. The average molecular weight is 574 g/mol. The number of nitrogens with zero attached hydrogens (tertiary/aromatic N) is 5. The number of sulfone groups is 1. The number of aromatic nitrogens is 4. The number of nitrogens with one attached hydrogen (secondary N) is 2. The second-order valence-corrected chi connectivity index (χ2v) is 13.8. The van der Waals surface area contributed by atoms with Crippen molar-refractivity contribution in [3.05, 3.63) is 40.2 Å². The van der Waals surface area contributed by atoms with Crippen molar-refractivity contribution >= 4 is 44.6 Å². The van der Waals surface area contributed by atoms with Crippen LogP contribution in [0, 0.1) is 6.92 Å². The lowest BCUT2D eigenvalue weighted by molar-refractivity contribution is 0.254. The highest BCUT2D eigenvalue weighted by atomic mass is 35.5. The SMILES string of the molecule is Cc1cc(Nc2ncc(Cl)c(Nc3cn(C)nc3S(=O)(=O)C(C)C)n2)c2c(c1C1CCN(C)CC1)C[C@@H](C)O2. The van der Waals surface area contributed by atoms with Crippen LogP contribution in [-0.2, 0) is 23.3 Å². The fourth-order valence-electron chi connectivity index (χ4n) is 5.46. The molecule has 2 aliphatic heterocycles. The van der Waals surface area contributed by atoms with Crippen LogP contribution < -0.4 is 15.4 Å². The zero-order chi connectivity index (χ0) is 28.1. The van der Waals surface area contributed by atoms with E-state index in [1.165, 1.54) is 27.6 Å². The summed E-state index contributed by atoms with van der Waals surface area (Å²) in [6.45, 7) is 9.69. The third-order valence-corrected chi connectivity index (χ3v) is 9.85. The minimum absolute atomic E-state index is 0.0514. The van der Waals surface area contributed by atoms with Crippen molar-refractivity contribution in [1.29, 1.82) is 0 Å². The van der Waals surface area contributed by atoms with E-state index < -0.39 is 15.1 Å². The predicted octanol–water partition coefficient (Wildman–Crippen LogP) is 4.97. The van der Waals surface area contributed by atoms with E-state index in [1.54, 1.807) is 27.1 Å². The molecule has 2 N–H and O–H groups in total. The van der Waals surface area contributed by atoms with E-state index in [-0.39, 0.29) is 22.0 Å². The second kappa shape index (κ2) is 10.6. The molecule has 0 amide bonds. The van der Waals surface area contributed by atoms with Crippen LogP contribution in [0.3, 0.4) is 0 Å². The predicted molar refractivity (Wildman–Crippen MR) is 154 cm³/mol. The summed E-state index contributed by atoms with van der Waals surface area (Å²) < 4.78 is 33.5. The number of aryl methyl sites for hydroxylation is 2. The maximum atomic E-state index is 12.9. The molecule has 0 aliphatic carbocycles. The lowest BCUT2D eigenvalue weighted by Crippen LogP contribution is -2.29. The molecule has 5 rings (SSSR count). The van der Waals surface area contributed by atoms with Crippen molar-refractivity contribution in [2.75, 3.05) is 30.8 Å². The molecule has 0 radical (unpaired) electrons. The quantitative estimate of drug-likeness (QED) is 0.404. The first-order valence-electron chi connectivity index (χ1n) is 13.3. The summed E-state index contributed by atoms with van der Waals surface area (Å²) >= 11 is 6.42. The van der Waals surface area contributed by atoms with Crippen molar-refractivity contribution < 1.29 is 13.2 Å². The van der Waals surface area contributed by atoms with Gasteiger partial charge in [-0.2, -0.15) is 10.1 Å². The Hall–Kier alpha value is -2.89. The maximum Gasteiger partial charge on any atom is 0.229 e. The van der Waals surface area contributed by atoms with E-state index in [2.05, 4.69) is 57.6 Å². The first kappa shape index (κ1) is 27.7. The summed E-state index contributed by atoms with van der Waals surface area (Å²) in [4.78, 5) is 11.3. The molecule has 1 aromatic carbocycles. The summed E-state index contributed by atoms with van der Waals surface area (Å²) in [5.74, 6) is 1.97. The number of halogens is 1. The van der Waals surface area contributed by atoms with Gasteiger partial charge < -0.3 is 20.3 Å². The number of anilines is 4. The Labute approximate surface area is 235 Å². The van der Waals surface area contributed by atoms with Crippen molar-refractivity contribution in [3.63, 3.8) is 0 Å². The highest BCUT2D eigenvalue weighted by Gasteiger charge is 2.32. The molecular weight excluding hydrogens is 538 g/mol. The molecular formula is C27H36ClN7O3S. The number of hydrogen-bond donors (Lipinski definition) is 2. The first-order valence-corrected chi connectivity index (χ1v) is 15.2. The summed E-state index contributed by atoms with van der Waals surface area (Å²) in [6, 6.07) is 2.12. The van der Waals surface area contributed by atoms with Crippen molar-refractivity contribution in [1.82, 2.24) is 24.6 Å². The Kier molecular flexibility index (Phi) is 7.51. The van der Waals surface area contributed by atoms with Crippen LogP contribution >= 0.6 is 11.6 Å². The van der Waals surface area contributed by atoms with E-state index in [9.17, 15) is 8.42 Å². The molecule has 39 heavy (non-hydrogen) atoms. The van der Waals surface area contributed by atoms with Crippen LogP contribution in [0.5, 0.6) is 5.75 Å². The van der Waals surface area contributed by atoms with E-state index in [0.717, 1.165) is 43.8 Å². The van der Waals surface area contributed by atoms with Gasteiger partial charge in [-0.15, -0.1) is 0 Å². The third-order valence-electron chi connectivity index (χ3n) is 7.50. The molecule has 2 aliphatic rings. The molecule has 0 spiro atoms. The number of likely N-dealkylation sites (tertiary alicyclic amines) is 1. The molecule has 10 nitrogen and oxygen atoms in total. The number of ether oxygens (including phenoxy) is 1. The normalized spacial score (nSPS) is 18.3. The highest BCUT2D eigenvalue weighted by molar-refractivity contribution is 7.92. The van der Waals surface area contributed by atoms with E-state index in [1.807, 2.05) is 0 Å². The summed E-state index contributed by atoms with van der Waals surface area (Å²) in [7, 11) is 0.217. The van der Waals surface area contributed by atoms with Gasteiger partial charge in [-0.25, -0.2) is 13.4 Å². The minimum Gasteiger partial charge on any atom is -0.488 e. The molecule has 2 aromatic heterocycles. The van der Waals surface area contributed by atoms with E-state index in [0.29, 0.717) is 17.6 Å². The zero-order valence-electron chi connectivity index (χ0n) is 23.2. The van der Waals surface area contributed by atoms with Crippen molar-refractivity contribution in [3.8, 4) is 5.75 Å². The number of hydrogen-bond acceptors (Lipinski definition) is 9.